The van der Waals surface area contributed by atoms with Crippen LogP contribution in [0, 0.1) is 5.82 Å². The Morgan fingerprint density at radius 2 is 1.93 bits per heavy atom. The van der Waals surface area contributed by atoms with E-state index in [2.05, 4.69) is 15.6 Å². The highest BCUT2D eigenvalue weighted by atomic mass is 19.1. The summed E-state index contributed by atoms with van der Waals surface area (Å²) in [5.41, 5.74) is 1.79. The van der Waals surface area contributed by atoms with Gasteiger partial charge in [-0.05, 0) is 36.4 Å². The molecule has 0 saturated carbocycles. The van der Waals surface area contributed by atoms with Crippen LogP contribution >= 0.6 is 0 Å². The number of methoxy groups -OCH3 is 1. The van der Waals surface area contributed by atoms with Crippen molar-refractivity contribution in [3.05, 3.63) is 54.3 Å². The number of benzene rings is 2. The van der Waals surface area contributed by atoms with E-state index in [1.54, 1.807) is 6.07 Å². The van der Waals surface area contributed by atoms with Crippen LogP contribution in [-0.2, 0) is 20.9 Å². The quantitative estimate of drug-likeness (QED) is 0.592. The van der Waals surface area contributed by atoms with Crippen molar-refractivity contribution < 1.29 is 18.7 Å². The van der Waals surface area contributed by atoms with Gasteiger partial charge in [-0.25, -0.2) is 9.07 Å². The minimum atomic E-state index is -0.428. The number of halogens is 1. The number of carbonyl (C=O) groups is 2. The number of para-hydroxylation sites is 1. The lowest BCUT2D eigenvalue weighted by molar-refractivity contribution is -0.124. The molecule has 9 heteroatoms. The third-order valence-corrected chi connectivity index (χ3v) is 4.07. The lowest BCUT2D eigenvalue weighted by atomic mass is 10.2. The first kappa shape index (κ1) is 19.4. The number of amides is 2. The third kappa shape index (κ3) is 4.68. The molecule has 0 radical (unpaired) electrons. The van der Waals surface area contributed by atoms with Crippen molar-refractivity contribution in [2.75, 3.05) is 31.7 Å². The Morgan fingerprint density at radius 1 is 1.18 bits per heavy atom. The summed E-state index contributed by atoms with van der Waals surface area (Å²) in [6.45, 7) is 0.375. The van der Waals surface area contributed by atoms with Crippen LogP contribution < -0.4 is 10.2 Å². The van der Waals surface area contributed by atoms with Crippen LogP contribution in [-0.4, -0.2) is 53.6 Å². The number of aromatic nitrogens is 3. The number of hydrogen-bond donors (Lipinski definition) is 1. The summed E-state index contributed by atoms with van der Waals surface area (Å²) in [6, 6.07) is 12.6. The molecule has 3 aromatic rings. The van der Waals surface area contributed by atoms with Crippen molar-refractivity contribution >= 4 is 28.5 Å². The Labute approximate surface area is 160 Å². The fourth-order valence-electron chi connectivity index (χ4n) is 2.68. The van der Waals surface area contributed by atoms with Crippen molar-refractivity contribution in [2.24, 2.45) is 0 Å². The highest BCUT2D eigenvalue weighted by molar-refractivity contribution is 5.99. The third-order valence-electron chi connectivity index (χ3n) is 4.07. The highest BCUT2D eigenvalue weighted by Crippen LogP contribution is 2.16. The maximum absolute atomic E-state index is 13.3. The number of fused-ring (bicyclic) bond motifs is 1. The van der Waals surface area contributed by atoms with Crippen molar-refractivity contribution in [2.45, 2.75) is 6.54 Å². The summed E-state index contributed by atoms with van der Waals surface area (Å²) in [7, 11) is 1.53. The number of nitrogens with zero attached hydrogens (tertiary/aromatic N) is 4. The molecule has 0 spiro atoms. The Balaban J connectivity index is 1.79. The fraction of sp³-hybridized carbons (Fsp3) is 0.263. The van der Waals surface area contributed by atoms with Gasteiger partial charge in [0.2, 0.25) is 11.8 Å². The van der Waals surface area contributed by atoms with Crippen LogP contribution in [0.15, 0.2) is 48.5 Å². The van der Waals surface area contributed by atoms with E-state index in [9.17, 15) is 14.0 Å². The van der Waals surface area contributed by atoms with Gasteiger partial charge in [0.1, 0.15) is 24.4 Å². The molecular weight excluding hydrogens is 365 g/mol. The molecule has 146 valence electrons. The Hall–Kier alpha value is -3.33. The van der Waals surface area contributed by atoms with Gasteiger partial charge >= 0.3 is 0 Å². The first-order valence-corrected chi connectivity index (χ1v) is 8.68. The summed E-state index contributed by atoms with van der Waals surface area (Å²) >= 11 is 0. The second-order valence-corrected chi connectivity index (χ2v) is 6.03. The summed E-state index contributed by atoms with van der Waals surface area (Å²) in [6.07, 6.45) is 0. The molecule has 0 aliphatic heterocycles. The lowest BCUT2D eigenvalue weighted by Gasteiger charge is -2.22. The number of anilines is 1. The smallest absolute Gasteiger partial charge is 0.249 e. The van der Waals surface area contributed by atoms with E-state index in [4.69, 9.17) is 4.74 Å². The lowest BCUT2D eigenvalue weighted by Crippen LogP contribution is -2.43. The number of ether oxygens (including phenoxy) is 1. The molecule has 2 aromatic carbocycles. The van der Waals surface area contributed by atoms with Gasteiger partial charge in [-0.3, -0.25) is 9.59 Å². The average Bonchev–Trinajstić information content (AvgIpc) is 3.10. The maximum atomic E-state index is 13.3. The molecule has 0 unspecified atom stereocenters. The minimum absolute atomic E-state index is 0.108. The zero-order valence-corrected chi connectivity index (χ0v) is 15.3. The largest absolute Gasteiger partial charge is 0.383 e. The molecule has 0 fully saturated rings. The highest BCUT2D eigenvalue weighted by Gasteiger charge is 2.21. The van der Waals surface area contributed by atoms with E-state index in [0.717, 1.165) is 0 Å². The van der Waals surface area contributed by atoms with Crippen molar-refractivity contribution in [3.8, 4) is 0 Å². The van der Waals surface area contributed by atoms with Gasteiger partial charge in [-0.15, -0.1) is 5.10 Å². The molecule has 1 aromatic heterocycles. The summed E-state index contributed by atoms with van der Waals surface area (Å²) in [4.78, 5) is 26.5. The minimum Gasteiger partial charge on any atom is -0.383 e. The van der Waals surface area contributed by atoms with Crippen LogP contribution in [0.3, 0.4) is 0 Å². The van der Waals surface area contributed by atoms with Gasteiger partial charge in [0.15, 0.2) is 0 Å². The molecule has 0 saturated heterocycles. The van der Waals surface area contributed by atoms with Gasteiger partial charge in [0.25, 0.3) is 0 Å². The molecule has 28 heavy (non-hydrogen) atoms. The molecule has 3 rings (SSSR count). The summed E-state index contributed by atoms with van der Waals surface area (Å²) in [5, 5.41) is 10.7. The molecule has 0 atom stereocenters. The summed E-state index contributed by atoms with van der Waals surface area (Å²) < 4.78 is 19.6. The van der Waals surface area contributed by atoms with E-state index in [1.807, 2.05) is 18.2 Å². The van der Waals surface area contributed by atoms with Crippen LogP contribution in [0.2, 0.25) is 0 Å². The normalized spacial score (nSPS) is 10.8. The first-order valence-electron chi connectivity index (χ1n) is 8.68. The van der Waals surface area contributed by atoms with Crippen molar-refractivity contribution in [1.29, 1.82) is 0 Å². The van der Waals surface area contributed by atoms with Gasteiger partial charge in [0.05, 0.1) is 12.1 Å². The zero-order valence-electron chi connectivity index (χ0n) is 15.3. The molecule has 1 N–H and O–H groups in total. The van der Waals surface area contributed by atoms with E-state index in [0.29, 0.717) is 29.9 Å². The standard InChI is InChI=1S/C19H20FN5O3/c1-28-11-10-21-18(26)12-24(15-8-6-14(20)7-9-15)19(27)13-25-17-5-3-2-4-16(17)22-23-25/h2-9H,10-13H2,1H3,(H,21,26). The molecule has 0 aliphatic carbocycles. The maximum Gasteiger partial charge on any atom is 0.249 e. The van der Waals surface area contributed by atoms with Gasteiger partial charge < -0.3 is 15.0 Å². The number of carbonyl (C=O) groups excluding carboxylic acids is 2. The molecule has 2 amide bonds. The monoisotopic (exact) mass is 385 g/mol. The average molecular weight is 385 g/mol. The SMILES string of the molecule is COCCNC(=O)CN(C(=O)Cn1nnc2ccccc21)c1ccc(F)cc1. The van der Waals surface area contributed by atoms with Crippen LogP contribution in [0.5, 0.6) is 0 Å². The van der Waals surface area contributed by atoms with Crippen molar-refractivity contribution in [3.63, 3.8) is 0 Å². The Morgan fingerprint density at radius 3 is 2.68 bits per heavy atom. The number of rotatable bonds is 8. The number of nitrogens with one attached hydrogen (secondary N) is 1. The second-order valence-electron chi connectivity index (χ2n) is 6.03. The zero-order chi connectivity index (χ0) is 19.9. The van der Waals surface area contributed by atoms with E-state index in [1.165, 1.54) is 41.0 Å². The Kier molecular flexibility index (Phi) is 6.28. The van der Waals surface area contributed by atoms with Crippen LogP contribution in [0.4, 0.5) is 10.1 Å². The van der Waals surface area contributed by atoms with E-state index in [-0.39, 0.29) is 24.9 Å². The van der Waals surface area contributed by atoms with E-state index >= 15 is 0 Å². The topological polar surface area (TPSA) is 89.4 Å². The predicted octanol–water partition coefficient (Wildman–Crippen LogP) is 1.37. The van der Waals surface area contributed by atoms with Gasteiger partial charge in [-0.2, -0.15) is 0 Å². The molecule has 8 nitrogen and oxygen atoms in total. The van der Waals surface area contributed by atoms with Crippen molar-refractivity contribution in [1.82, 2.24) is 20.3 Å². The van der Waals surface area contributed by atoms with Gasteiger partial charge in [0, 0.05) is 19.3 Å². The molecule has 0 aliphatic rings. The second kappa shape index (κ2) is 9.05. The number of hydrogen-bond acceptors (Lipinski definition) is 5. The Bertz CT molecular complexity index is 958. The fourth-order valence-corrected chi connectivity index (χ4v) is 2.68. The predicted molar refractivity (Wildman–Crippen MR) is 101 cm³/mol. The molecule has 1 heterocycles. The van der Waals surface area contributed by atoms with Gasteiger partial charge in [-0.1, -0.05) is 17.3 Å². The summed E-state index contributed by atoms with van der Waals surface area (Å²) in [5.74, 6) is -1.15. The van der Waals surface area contributed by atoms with Crippen LogP contribution in [0.25, 0.3) is 11.0 Å². The molecular formula is C19H20FN5O3. The van der Waals surface area contributed by atoms with E-state index < -0.39 is 5.82 Å². The van der Waals surface area contributed by atoms with Crippen LogP contribution in [0.1, 0.15) is 0 Å². The molecule has 0 bridgehead atoms. The first-order chi connectivity index (χ1) is 13.6.